The van der Waals surface area contributed by atoms with Gasteiger partial charge in [-0.15, -0.1) is 0 Å². The number of unbranched alkanes of at least 4 members (excludes halogenated alkanes) is 1. The van der Waals surface area contributed by atoms with Crippen LogP contribution in [0, 0.1) is 24.6 Å². The smallest absolute Gasteiger partial charge is 0.167 e. The Morgan fingerprint density at radius 3 is 2.57 bits per heavy atom. The highest BCUT2D eigenvalue weighted by Crippen LogP contribution is 2.35. The van der Waals surface area contributed by atoms with Gasteiger partial charge in [-0.1, -0.05) is 37.8 Å². The minimum Gasteiger partial charge on any atom is -0.294 e. The minimum atomic E-state index is -0.347. The van der Waals surface area contributed by atoms with E-state index in [1.807, 2.05) is 0 Å². The molecule has 0 unspecified atom stereocenters. The number of ketones is 1. The second-order valence-corrected chi connectivity index (χ2v) is 6.71. The molecule has 1 aromatic rings. The van der Waals surface area contributed by atoms with E-state index in [4.69, 9.17) is 11.6 Å². The maximum absolute atomic E-state index is 13.4. The van der Waals surface area contributed by atoms with Crippen LogP contribution in [0.4, 0.5) is 4.39 Å². The Bertz CT molecular complexity index is 504. The van der Waals surface area contributed by atoms with Crippen molar-refractivity contribution in [3.8, 4) is 0 Å². The summed E-state index contributed by atoms with van der Waals surface area (Å²) < 4.78 is 13.4. The lowest BCUT2D eigenvalue weighted by atomic mass is 9.77. The first-order valence-corrected chi connectivity index (χ1v) is 8.40. The van der Waals surface area contributed by atoms with Gasteiger partial charge < -0.3 is 0 Å². The molecule has 0 amide bonds. The van der Waals surface area contributed by atoms with E-state index in [0.717, 1.165) is 31.6 Å². The summed E-state index contributed by atoms with van der Waals surface area (Å²) in [5.74, 6) is 0.585. The zero-order chi connectivity index (χ0) is 15.4. The van der Waals surface area contributed by atoms with Gasteiger partial charge in [-0.2, -0.15) is 0 Å². The maximum Gasteiger partial charge on any atom is 0.167 e. The molecule has 0 saturated heterocycles. The molecule has 1 saturated carbocycles. The summed E-state index contributed by atoms with van der Waals surface area (Å²) in [5, 5.41) is 0.246. The first-order chi connectivity index (χ1) is 10.0. The maximum atomic E-state index is 13.4. The fourth-order valence-electron chi connectivity index (χ4n) is 3.27. The zero-order valence-corrected chi connectivity index (χ0v) is 13.7. The van der Waals surface area contributed by atoms with Gasteiger partial charge in [-0.05, 0) is 56.2 Å². The highest BCUT2D eigenvalue weighted by molar-refractivity contribution is 6.34. The van der Waals surface area contributed by atoms with Crippen LogP contribution < -0.4 is 0 Å². The summed E-state index contributed by atoms with van der Waals surface area (Å²) in [6, 6.07) is 2.86. The number of hydrogen-bond acceptors (Lipinski definition) is 1. The SMILES string of the molecule is CCCCC1CCC(C(=O)c2cc(C)c(F)cc2Cl)CC1. The van der Waals surface area contributed by atoms with Crippen molar-refractivity contribution in [2.45, 2.75) is 58.8 Å². The summed E-state index contributed by atoms with van der Waals surface area (Å²) in [6.07, 6.45) is 7.96. The van der Waals surface area contributed by atoms with Crippen LogP contribution in [-0.2, 0) is 0 Å². The van der Waals surface area contributed by atoms with Crippen LogP contribution >= 0.6 is 11.6 Å². The highest BCUT2D eigenvalue weighted by atomic mass is 35.5. The van der Waals surface area contributed by atoms with Gasteiger partial charge in [0.25, 0.3) is 0 Å². The summed E-state index contributed by atoms with van der Waals surface area (Å²) in [6.45, 7) is 3.89. The first-order valence-electron chi connectivity index (χ1n) is 8.02. The van der Waals surface area contributed by atoms with Gasteiger partial charge in [0.1, 0.15) is 5.82 Å². The molecule has 1 aliphatic carbocycles. The second-order valence-electron chi connectivity index (χ2n) is 6.31. The standard InChI is InChI=1S/C18H24ClFO/c1-3-4-5-13-6-8-14(9-7-13)18(21)15-10-12(2)17(20)11-16(15)19/h10-11,13-14H,3-9H2,1-2H3. The third kappa shape index (κ3) is 4.06. The molecule has 1 aromatic carbocycles. The van der Waals surface area contributed by atoms with Gasteiger partial charge in [0, 0.05) is 11.5 Å². The van der Waals surface area contributed by atoms with Gasteiger partial charge in [0.15, 0.2) is 5.78 Å². The molecule has 1 fully saturated rings. The van der Waals surface area contributed by atoms with E-state index in [-0.39, 0.29) is 22.5 Å². The monoisotopic (exact) mass is 310 g/mol. The van der Waals surface area contributed by atoms with Crippen molar-refractivity contribution < 1.29 is 9.18 Å². The van der Waals surface area contributed by atoms with Crippen molar-refractivity contribution in [2.75, 3.05) is 0 Å². The summed E-state index contributed by atoms with van der Waals surface area (Å²) in [4.78, 5) is 12.6. The van der Waals surface area contributed by atoms with Crippen LogP contribution in [0.5, 0.6) is 0 Å². The first kappa shape index (κ1) is 16.5. The van der Waals surface area contributed by atoms with Crippen LogP contribution in [-0.4, -0.2) is 5.78 Å². The molecule has 2 rings (SSSR count). The summed E-state index contributed by atoms with van der Waals surface area (Å²) in [7, 11) is 0. The van der Waals surface area contributed by atoms with Gasteiger partial charge in [-0.25, -0.2) is 4.39 Å². The van der Waals surface area contributed by atoms with Crippen molar-refractivity contribution in [1.82, 2.24) is 0 Å². The quantitative estimate of drug-likeness (QED) is 0.613. The fraction of sp³-hybridized carbons (Fsp3) is 0.611. The third-order valence-corrected chi connectivity index (χ3v) is 5.01. The Balaban J connectivity index is 2.00. The molecule has 0 aliphatic heterocycles. The predicted molar refractivity (Wildman–Crippen MR) is 85.5 cm³/mol. The van der Waals surface area contributed by atoms with Crippen LogP contribution in [0.2, 0.25) is 5.02 Å². The normalized spacial score (nSPS) is 22.3. The number of benzene rings is 1. The van der Waals surface area contributed by atoms with Crippen LogP contribution in [0.25, 0.3) is 0 Å². The largest absolute Gasteiger partial charge is 0.294 e. The lowest BCUT2D eigenvalue weighted by Crippen LogP contribution is -2.22. The topological polar surface area (TPSA) is 17.1 Å². The molecule has 0 heterocycles. The molecule has 116 valence electrons. The average molecular weight is 311 g/mol. The Morgan fingerprint density at radius 1 is 1.29 bits per heavy atom. The van der Waals surface area contributed by atoms with E-state index in [9.17, 15) is 9.18 Å². The minimum absolute atomic E-state index is 0.0604. The number of carbonyl (C=O) groups excluding carboxylic acids is 1. The number of Topliss-reactive ketones (excluding diaryl/α,β-unsaturated/α-hetero) is 1. The number of carbonyl (C=O) groups is 1. The van der Waals surface area contributed by atoms with Crippen molar-refractivity contribution in [1.29, 1.82) is 0 Å². The van der Waals surface area contributed by atoms with Crippen molar-refractivity contribution in [2.24, 2.45) is 11.8 Å². The second kappa shape index (κ2) is 7.40. The molecular formula is C18H24ClFO. The molecule has 0 aromatic heterocycles. The van der Waals surface area contributed by atoms with Crippen LogP contribution in [0.1, 0.15) is 67.8 Å². The van der Waals surface area contributed by atoms with Crippen molar-refractivity contribution >= 4 is 17.4 Å². The third-order valence-electron chi connectivity index (χ3n) is 4.70. The van der Waals surface area contributed by atoms with Gasteiger partial charge >= 0.3 is 0 Å². The molecule has 0 atom stereocenters. The Morgan fingerprint density at radius 2 is 1.95 bits per heavy atom. The predicted octanol–water partition coefficient (Wildman–Crippen LogP) is 5.97. The van der Waals surface area contributed by atoms with Gasteiger partial charge in [-0.3, -0.25) is 4.79 Å². The van der Waals surface area contributed by atoms with E-state index in [1.54, 1.807) is 13.0 Å². The lowest BCUT2D eigenvalue weighted by Gasteiger charge is -2.28. The summed E-state index contributed by atoms with van der Waals surface area (Å²) in [5.41, 5.74) is 0.979. The molecule has 0 bridgehead atoms. The van der Waals surface area contributed by atoms with E-state index < -0.39 is 0 Å². The Kier molecular flexibility index (Phi) is 5.80. The molecule has 1 nitrogen and oxygen atoms in total. The molecule has 0 spiro atoms. The van der Waals surface area contributed by atoms with E-state index in [1.165, 1.54) is 25.3 Å². The van der Waals surface area contributed by atoms with E-state index >= 15 is 0 Å². The van der Waals surface area contributed by atoms with Crippen molar-refractivity contribution in [3.63, 3.8) is 0 Å². The summed E-state index contributed by atoms with van der Waals surface area (Å²) >= 11 is 6.05. The molecule has 21 heavy (non-hydrogen) atoms. The van der Waals surface area contributed by atoms with Crippen molar-refractivity contribution in [3.05, 3.63) is 34.1 Å². The number of hydrogen-bond donors (Lipinski definition) is 0. The molecule has 1 aliphatic rings. The number of rotatable bonds is 5. The average Bonchev–Trinajstić information content (AvgIpc) is 2.48. The van der Waals surface area contributed by atoms with Gasteiger partial charge in [0.05, 0.1) is 5.02 Å². The number of aryl methyl sites for hydroxylation is 1. The fourth-order valence-corrected chi connectivity index (χ4v) is 3.52. The van der Waals surface area contributed by atoms with E-state index in [2.05, 4.69) is 6.92 Å². The lowest BCUT2D eigenvalue weighted by molar-refractivity contribution is 0.0869. The Labute approximate surface area is 131 Å². The Hall–Kier alpha value is -0.890. The molecule has 0 radical (unpaired) electrons. The zero-order valence-electron chi connectivity index (χ0n) is 12.9. The number of halogens is 2. The van der Waals surface area contributed by atoms with Crippen LogP contribution in [0.15, 0.2) is 12.1 Å². The molecular weight excluding hydrogens is 287 g/mol. The molecule has 3 heteroatoms. The van der Waals surface area contributed by atoms with Gasteiger partial charge in [0.2, 0.25) is 0 Å². The van der Waals surface area contributed by atoms with Crippen LogP contribution in [0.3, 0.4) is 0 Å². The van der Waals surface area contributed by atoms with E-state index in [0.29, 0.717) is 11.1 Å². The highest BCUT2D eigenvalue weighted by Gasteiger charge is 2.28. The molecule has 0 N–H and O–H groups in total.